The van der Waals surface area contributed by atoms with Crippen molar-refractivity contribution in [2.45, 2.75) is 43.9 Å². The van der Waals surface area contributed by atoms with Gasteiger partial charge in [0.05, 0.1) is 6.61 Å². The number of rotatable bonds is 3. The predicted octanol–water partition coefficient (Wildman–Crippen LogP) is 2.62. The molecule has 2 fully saturated rings. The normalized spacial score (nSPS) is 24.2. The number of amides is 1. The number of hydrogen-bond donors (Lipinski definition) is 2. The van der Waals surface area contributed by atoms with Crippen LogP contribution in [0.3, 0.4) is 0 Å². The highest BCUT2D eigenvalue weighted by molar-refractivity contribution is 5.94. The molecule has 5 nitrogen and oxygen atoms in total. The van der Waals surface area contributed by atoms with Crippen LogP contribution in [0, 0.1) is 17.7 Å². The van der Waals surface area contributed by atoms with Gasteiger partial charge in [-0.1, -0.05) is 30.0 Å². The largest absolute Gasteiger partial charge is 0.395 e. The fraction of sp³-hybridized carbons (Fsp3) is 0.423. The van der Waals surface area contributed by atoms with E-state index in [9.17, 15) is 19.4 Å². The second-order valence-electron chi connectivity index (χ2n) is 8.62. The zero-order valence-corrected chi connectivity index (χ0v) is 18.2. The van der Waals surface area contributed by atoms with Crippen LogP contribution >= 0.6 is 0 Å². The number of carbonyl (C=O) groups excluding carboxylic acids is 1. The summed E-state index contributed by atoms with van der Waals surface area (Å²) in [5.74, 6) is 5.22. The molecule has 1 amide bonds. The highest BCUT2D eigenvalue weighted by atomic mass is 19.1. The third-order valence-electron chi connectivity index (χ3n) is 6.45. The van der Waals surface area contributed by atoms with E-state index in [4.69, 9.17) is 0 Å². The number of hydrogen-bond acceptors (Lipinski definition) is 4. The third-order valence-corrected chi connectivity index (χ3v) is 6.45. The number of fused-ring (bicyclic) bond motifs is 1. The molecule has 4 rings (SSSR count). The molecule has 168 valence electrons. The SMILES string of the molecule is C[C@@H](O)C#Cc1ccc([C@@H]2[C@@H](CO)N3CCCCN(C(=O)c4cccc(F)c4)C[C@@H]23)cc1. The summed E-state index contributed by atoms with van der Waals surface area (Å²) in [6, 6.07) is 13.9. The summed E-state index contributed by atoms with van der Waals surface area (Å²) >= 11 is 0. The number of benzene rings is 2. The standard InChI is InChI=1S/C26H29FN2O3/c1-18(31)7-8-19-9-11-20(12-10-19)25-23-16-28(13-2-3-14-29(23)24(25)17-30)26(32)21-5-4-6-22(27)15-21/h4-6,9-12,15,18,23-25,30-31H,2-3,13-14,16-17H2,1H3/t18-,23+,24-,25+/m1/s1. The van der Waals surface area contributed by atoms with Gasteiger partial charge in [-0.3, -0.25) is 9.69 Å². The van der Waals surface area contributed by atoms with E-state index in [0.717, 1.165) is 30.5 Å². The molecule has 0 unspecified atom stereocenters. The lowest BCUT2D eigenvalue weighted by Crippen LogP contribution is -2.67. The third kappa shape index (κ3) is 4.71. The van der Waals surface area contributed by atoms with Crippen LogP contribution in [0.2, 0.25) is 0 Å². The van der Waals surface area contributed by atoms with E-state index in [1.165, 1.54) is 12.1 Å². The van der Waals surface area contributed by atoms with E-state index in [0.29, 0.717) is 18.7 Å². The Morgan fingerprint density at radius 2 is 1.94 bits per heavy atom. The summed E-state index contributed by atoms with van der Waals surface area (Å²) in [7, 11) is 0. The summed E-state index contributed by atoms with van der Waals surface area (Å²) < 4.78 is 13.7. The zero-order valence-electron chi connectivity index (χ0n) is 18.2. The monoisotopic (exact) mass is 436 g/mol. The van der Waals surface area contributed by atoms with Crippen LogP contribution in [0.1, 0.15) is 47.2 Å². The molecule has 6 heteroatoms. The molecular weight excluding hydrogens is 407 g/mol. The summed E-state index contributed by atoms with van der Waals surface area (Å²) in [4.78, 5) is 17.2. The van der Waals surface area contributed by atoms with Crippen LogP contribution in [0.25, 0.3) is 0 Å². The van der Waals surface area contributed by atoms with Gasteiger partial charge in [-0.05, 0) is 62.2 Å². The average molecular weight is 437 g/mol. The Morgan fingerprint density at radius 3 is 2.62 bits per heavy atom. The van der Waals surface area contributed by atoms with Gasteiger partial charge in [0.25, 0.3) is 5.91 Å². The molecule has 2 saturated heterocycles. The fourth-order valence-corrected chi connectivity index (χ4v) is 4.91. The number of carbonyl (C=O) groups is 1. The molecule has 2 aliphatic rings. The molecule has 0 spiro atoms. The van der Waals surface area contributed by atoms with Crippen LogP contribution in [-0.2, 0) is 0 Å². The van der Waals surface area contributed by atoms with Gasteiger partial charge >= 0.3 is 0 Å². The molecule has 4 atom stereocenters. The van der Waals surface area contributed by atoms with Gasteiger partial charge < -0.3 is 15.1 Å². The van der Waals surface area contributed by atoms with Crippen molar-refractivity contribution in [3.63, 3.8) is 0 Å². The molecule has 2 N–H and O–H groups in total. The minimum Gasteiger partial charge on any atom is -0.395 e. The summed E-state index contributed by atoms with van der Waals surface area (Å²) in [6.45, 7) is 3.76. The van der Waals surface area contributed by atoms with Gasteiger partial charge in [0, 0.05) is 42.2 Å². The number of halogens is 1. The van der Waals surface area contributed by atoms with E-state index >= 15 is 0 Å². The van der Waals surface area contributed by atoms with Gasteiger partial charge in [-0.15, -0.1) is 0 Å². The molecule has 2 aromatic carbocycles. The Hall–Kier alpha value is -2.72. The first-order valence-corrected chi connectivity index (χ1v) is 11.2. The smallest absolute Gasteiger partial charge is 0.254 e. The molecule has 2 aliphatic heterocycles. The van der Waals surface area contributed by atoms with E-state index in [2.05, 4.69) is 16.7 Å². The average Bonchev–Trinajstić information content (AvgIpc) is 2.77. The highest BCUT2D eigenvalue weighted by Gasteiger charge is 2.49. The van der Waals surface area contributed by atoms with Crippen LogP contribution in [0.15, 0.2) is 48.5 Å². The second-order valence-corrected chi connectivity index (χ2v) is 8.62. The minimum absolute atomic E-state index is 0.0126. The number of aliphatic hydroxyl groups excluding tert-OH is 2. The van der Waals surface area contributed by atoms with Crippen molar-refractivity contribution in [1.82, 2.24) is 9.80 Å². The highest BCUT2D eigenvalue weighted by Crippen LogP contribution is 2.42. The van der Waals surface area contributed by atoms with Crippen molar-refractivity contribution < 1.29 is 19.4 Å². The quantitative estimate of drug-likeness (QED) is 0.727. The first-order chi connectivity index (χ1) is 15.5. The van der Waals surface area contributed by atoms with Crippen molar-refractivity contribution in [3.8, 4) is 11.8 Å². The molecule has 2 aromatic rings. The molecular formula is C26H29FN2O3. The first-order valence-electron chi connectivity index (χ1n) is 11.2. The maximum Gasteiger partial charge on any atom is 0.254 e. The fourth-order valence-electron chi connectivity index (χ4n) is 4.91. The lowest BCUT2D eigenvalue weighted by Gasteiger charge is -2.57. The lowest BCUT2D eigenvalue weighted by atomic mass is 9.74. The van der Waals surface area contributed by atoms with Gasteiger partial charge in [-0.25, -0.2) is 4.39 Å². The van der Waals surface area contributed by atoms with Crippen LogP contribution < -0.4 is 0 Å². The molecule has 0 bridgehead atoms. The predicted molar refractivity (Wildman–Crippen MR) is 121 cm³/mol. The molecule has 32 heavy (non-hydrogen) atoms. The Bertz CT molecular complexity index is 1010. The lowest BCUT2D eigenvalue weighted by molar-refractivity contribution is -0.0606. The van der Waals surface area contributed by atoms with Gasteiger partial charge in [0.15, 0.2) is 0 Å². The van der Waals surface area contributed by atoms with Gasteiger partial charge in [0.1, 0.15) is 11.9 Å². The zero-order chi connectivity index (χ0) is 22.7. The van der Waals surface area contributed by atoms with Crippen molar-refractivity contribution in [1.29, 1.82) is 0 Å². The molecule has 0 radical (unpaired) electrons. The Balaban J connectivity index is 1.56. The summed E-state index contributed by atoms with van der Waals surface area (Å²) in [6.07, 6.45) is 1.15. The maximum absolute atomic E-state index is 13.7. The summed E-state index contributed by atoms with van der Waals surface area (Å²) in [5.41, 5.74) is 2.30. The maximum atomic E-state index is 13.7. The second kappa shape index (κ2) is 9.83. The first kappa shape index (κ1) is 22.5. The molecule has 2 heterocycles. The van der Waals surface area contributed by atoms with Crippen molar-refractivity contribution in [3.05, 3.63) is 71.0 Å². The molecule has 0 saturated carbocycles. The van der Waals surface area contributed by atoms with E-state index in [1.807, 2.05) is 29.2 Å². The van der Waals surface area contributed by atoms with Gasteiger partial charge in [-0.2, -0.15) is 0 Å². The van der Waals surface area contributed by atoms with E-state index in [1.54, 1.807) is 19.1 Å². The summed E-state index contributed by atoms with van der Waals surface area (Å²) in [5, 5.41) is 19.4. The minimum atomic E-state index is -0.676. The van der Waals surface area contributed by atoms with Crippen molar-refractivity contribution >= 4 is 5.91 Å². The van der Waals surface area contributed by atoms with E-state index in [-0.39, 0.29) is 30.5 Å². The van der Waals surface area contributed by atoms with Crippen LogP contribution in [0.5, 0.6) is 0 Å². The molecule has 0 aliphatic carbocycles. The van der Waals surface area contributed by atoms with Gasteiger partial charge in [0.2, 0.25) is 0 Å². The van der Waals surface area contributed by atoms with Crippen molar-refractivity contribution in [2.75, 3.05) is 26.2 Å². The Kier molecular flexibility index (Phi) is 6.90. The Morgan fingerprint density at radius 1 is 1.19 bits per heavy atom. The topological polar surface area (TPSA) is 64.0 Å². The van der Waals surface area contributed by atoms with Crippen LogP contribution in [-0.4, -0.2) is 70.3 Å². The van der Waals surface area contributed by atoms with E-state index < -0.39 is 11.9 Å². The number of nitrogens with zero attached hydrogens (tertiary/aromatic N) is 2. The number of aliphatic hydroxyl groups is 2. The molecule has 0 aromatic heterocycles. The Labute approximate surface area is 188 Å². The van der Waals surface area contributed by atoms with Crippen molar-refractivity contribution in [2.24, 2.45) is 0 Å². The van der Waals surface area contributed by atoms with Crippen LogP contribution in [0.4, 0.5) is 4.39 Å².